The number of rotatable bonds is 5. The molecule has 0 radical (unpaired) electrons. The van der Waals surface area contributed by atoms with Gasteiger partial charge >= 0.3 is 0 Å². The molecule has 0 saturated heterocycles. The van der Waals surface area contributed by atoms with E-state index in [2.05, 4.69) is 31.6 Å². The predicted molar refractivity (Wildman–Crippen MR) is 115 cm³/mol. The fourth-order valence-corrected chi connectivity index (χ4v) is 3.31. The van der Waals surface area contributed by atoms with Crippen LogP contribution in [0.5, 0.6) is 0 Å². The lowest BCUT2D eigenvalue weighted by Gasteiger charge is -2.17. The number of likely N-dealkylation sites (N-methyl/N-ethyl adjacent to an activating group) is 1. The molecule has 3 aromatic rings. The summed E-state index contributed by atoms with van der Waals surface area (Å²) in [5.74, 6) is -0.633. The molecule has 0 aliphatic carbocycles. The third kappa shape index (κ3) is 4.54. The molecule has 0 atom stereocenters. The number of halogens is 1. The average molecular weight is 456 g/mol. The zero-order valence-corrected chi connectivity index (χ0v) is 18.3. The van der Waals surface area contributed by atoms with Gasteiger partial charge in [0.2, 0.25) is 5.91 Å². The van der Waals surface area contributed by atoms with Gasteiger partial charge in [0.05, 0.1) is 17.9 Å². The number of aryl methyl sites for hydroxylation is 1. The van der Waals surface area contributed by atoms with Crippen LogP contribution in [-0.4, -0.2) is 45.3 Å². The normalized spacial score (nSPS) is 10.7. The van der Waals surface area contributed by atoms with Gasteiger partial charge in [-0.2, -0.15) is 0 Å². The highest BCUT2D eigenvalue weighted by Crippen LogP contribution is 2.19. The third-order valence-electron chi connectivity index (χ3n) is 4.76. The molecule has 7 nitrogen and oxygen atoms in total. The Labute approximate surface area is 177 Å². The highest BCUT2D eigenvalue weighted by molar-refractivity contribution is 9.10. The topological polar surface area (TPSA) is 80.1 Å². The van der Waals surface area contributed by atoms with E-state index < -0.39 is 0 Å². The summed E-state index contributed by atoms with van der Waals surface area (Å²) in [4.78, 5) is 26.6. The molecule has 1 heterocycles. The maximum absolute atomic E-state index is 12.8. The van der Waals surface area contributed by atoms with Crippen LogP contribution in [0.3, 0.4) is 0 Å². The molecule has 0 fully saturated rings. The summed E-state index contributed by atoms with van der Waals surface area (Å²) in [5.41, 5.74) is 4.45. The van der Waals surface area contributed by atoms with Crippen molar-refractivity contribution in [2.45, 2.75) is 20.8 Å². The van der Waals surface area contributed by atoms with Crippen molar-refractivity contribution in [3.05, 3.63) is 69.5 Å². The molecule has 3 rings (SSSR count). The molecule has 1 N–H and O–H groups in total. The van der Waals surface area contributed by atoms with Crippen LogP contribution in [0.2, 0.25) is 0 Å². The average Bonchev–Trinajstić information content (AvgIpc) is 3.06. The summed E-state index contributed by atoms with van der Waals surface area (Å²) in [7, 11) is 1.57. The molecular weight excluding hydrogens is 434 g/mol. The van der Waals surface area contributed by atoms with Crippen molar-refractivity contribution in [2.24, 2.45) is 0 Å². The van der Waals surface area contributed by atoms with E-state index in [1.54, 1.807) is 18.7 Å². The van der Waals surface area contributed by atoms with Crippen molar-refractivity contribution in [3.8, 4) is 5.69 Å². The van der Waals surface area contributed by atoms with Crippen molar-refractivity contribution in [2.75, 3.05) is 18.9 Å². The van der Waals surface area contributed by atoms with E-state index in [1.165, 1.54) is 4.90 Å². The first-order valence-corrected chi connectivity index (χ1v) is 9.87. The van der Waals surface area contributed by atoms with E-state index in [-0.39, 0.29) is 24.1 Å². The van der Waals surface area contributed by atoms with Gasteiger partial charge in [0.1, 0.15) is 0 Å². The van der Waals surface area contributed by atoms with E-state index in [9.17, 15) is 9.59 Å². The highest BCUT2D eigenvalue weighted by Gasteiger charge is 2.22. The van der Waals surface area contributed by atoms with Crippen LogP contribution in [0.15, 0.2) is 46.9 Å². The van der Waals surface area contributed by atoms with E-state index >= 15 is 0 Å². The largest absolute Gasteiger partial charge is 0.331 e. The molecule has 29 heavy (non-hydrogen) atoms. The Hall–Kier alpha value is -3.00. The zero-order valence-electron chi connectivity index (χ0n) is 16.7. The monoisotopic (exact) mass is 455 g/mol. The number of carbonyl (C=O) groups excluding carboxylic acids is 2. The van der Waals surface area contributed by atoms with Crippen LogP contribution in [0.4, 0.5) is 5.69 Å². The molecule has 0 spiro atoms. The van der Waals surface area contributed by atoms with Gasteiger partial charge in [0.25, 0.3) is 5.91 Å². The molecule has 150 valence electrons. The number of hydrogen-bond donors (Lipinski definition) is 1. The lowest BCUT2D eigenvalue weighted by atomic mass is 10.1. The summed E-state index contributed by atoms with van der Waals surface area (Å²) < 4.78 is 2.50. The second kappa shape index (κ2) is 8.57. The van der Waals surface area contributed by atoms with Gasteiger partial charge in [-0.25, -0.2) is 4.68 Å². The van der Waals surface area contributed by atoms with Crippen molar-refractivity contribution < 1.29 is 9.59 Å². The molecule has 0 saturated carbocycles. The van der Waals surface area contributed by atoms with Crippen LogP contribution >= 0.6 is 15.9 Å². The van der Waals surface area contributed by atoms with Crippen LogP contribution < -0.4 is 5.32 Å². The molecule has 2 amide bonds. The van der Waals surface area contributed by atoms with Gasteiger partial charge in [0.15, 0.2) is 5.69 Å². The smallest absolute Gasteiger partial charge is 0.276 e. The van der Waals surface area contributed by atoms with Crippen LogP contribution in [0, 0.1) is 20.8 Å². The molecule has 8 heteroatoms. The Balaban J connectivity index is 1.72. The predicted octanol–water partition coefficient (Wildman–Crippen LogP) is 3.67. The Morgan fingerprint density at radius 2 is 1.86 bits per heavy atom. The number of aromatic nitrogens is 3. The molecule has 0 aliphatic rings. The summed E-state index contributed by atoms with van der Waals surface area (Å²) >= 11 is 3.43. The molecule has 2 aromatic carbocycles. The van der Waals surface area contributed by atoms with Crippen molar-refractivity contribution in [1.82, 2.24) is 19.9 Å². The number of carbonyl (C=O) groups is 2. The number of benzene rings is 2. The van der Waals surface area contributed by atoms with E-state index in [1.807, 2.05) is 56.3 Å². The number of nitrogens with zero attached hydrogens (tertiary/aromatic N) is 4. The Morgan fingerprint density at radius 1 is 1.14 bits per heavy atom. The molecule has 0 unspecified atom stereocenters. The zero-order chi connectivity index (χ0) is 21.1. The van der Waals surface area contributed by atoms with E-state index in [0.717, 1.165) is 27.0 Å². The molecule has 0 aliphatic heterocycles. The Kier molecular flexibility index (Phi) is 6.12. The maximum atomic E-state index is 12.8. The fourth-order valence-electron chi connectivity index (χ4n) is 2.92. The lowest BCUT2D eigenvalue weighted by Crippen LogP contribution is -2.35. The number of anilines is 1. The second-order valence-corrected chi connectivity index (χ2v) is 7.79. The lowest BCUT2D eigenvalue weighted by molar-refractivity contribution is -0.116. The maximum Gasteiger partial charge on any atom is 0.276 e. The van der Waals surface area contributed by atoms with Crippen molar-refractivity contribution in [3.63, 3.8) is 0 Å². The SMILES string of the molecule is Cc1cccc(NC(=O)CN(C)C(=O)c2nnn(-c3cccc(Br)c3)c2C)c1C. The molecule has 0 bridgehead atoms. The summed E-state index contributed by atoms with van der Waals surface area (Å²) in [6.07, 6.45) is 0. The van der Waals surface area contributed by atoms with Gasteiger partial charge in [-0.3, -0.25) is 9.59 Å². The Bertz CT molecular complexity index is 1080. The number of nitrogens with one attached hydrogen (secondary N) is 1. The fraction of sp³-hybridized carbons (Fsp3) is 0.238. The van der Waals surface area contributed by atoms with Gasteiger partial charge in [-0.1, -0.05) is 39.3 Å². The van der Waals surface area contributed by atoms with Crippen molar-refractivity contribution >= 4 is 33.4 Å². The quantitative estimate of drug-likeness (QED) is 0.636. The summed E-state index contributed by atoms with van der Waals surface area (Å²) in [6, 6.07) is 13.3. The van der Waals surface area contributed by atoms with Crippen molar-refractivity contribution in [1.29, 1.82) is 0 Å². The van der Waals surface area contributed by atoms with Crippen LogP contribution in [-0.2, 0) is 4.79 Å². The van der Waals surface area contributed by atoms with Gasteiger partial charge in [-0.05, 0) is 56.2 Å². The first kappa shape index (κ1) is 20.7. The van der Waals surface area contributed by atoms with Crippen LogP contribution in [0.25, 0.3) is 5.69 Å². The first-order chi connectivity index (χ1) is 13.8. The third-order valence-corrected chi connectivity index (χ3v) is 5.25. The Morgan fingerprint density at radius 3 is 2.59 bits per heavy atom. The minimum Gasteiger partial charge on any atom is -0.331 e. The van der Waals surface area contributed by atoms with E-state index in [4.69, 9.17) is 0 Å². The van der Waals surface area contributed by atoms with Crippen LogP contribution in [0.1, 0.15) is 27.3 Å². The summed E-state index contributed by atoms with van der Waals surface area (Å²) in [5, 5.41) is 11.0. The van der Waals surface area contributed by atoms with E-state index in [0.29, 0.717) is 5.69 Å². The minimum atomic E-state index is -0.361. The van der Waals surface area contributed by atoms with Gasteiger partial charge in [0, 0.05) is 17.2 Å². The number of hydrogen-bond acceptors (Lipinski definition) is 4. The standard InChI is InChI=1S/C21H22BrN5O2/c1-13-7-5-10-18(14(13)2)23-19(28)12-26(4)21(29)20-15(3)27(25-24-20)17-9-6-8-16(22)11-17/h5-11H,12H2,1-4H3,(H,23,28). The molecule has 1 aromatic heterocycles. The second-order valence-electron chi connectivity index (χ2n) is 6.87. The number of amides is 2. The summed E-state index contributed by atoms with van der Waals surface area (Å²) in [6.45, 7) is 5.62. The minimum absolute atomic E-state index is 0.0879. The highest BCUT2D eigenvalue weighted by atomic mass is 79.9. The molecular formula is C21H22BrN5O2. The van der Waals surface area contributed by atoms with Gasteiger partial charge < -0.3 is 10.2 Å². The van der Waals surface area contributed by atoms with Gasteiger partial charge in [-0.15, -0.1) is 5.10 Å². The first-order valence-electron chi connectivity index (χ1n) is 9.07.